The zero-order chi connectivity index (χ0) is 19.5. The Morgan fingerprint density at radius 1 is 1.04 bits per heavy atom. The second-order valence-electron chi connectivity index (χ2n) is 6.26. The van der Waals surface area contributed by atoms with Gasteiger partial charge < -0.3 is 9.47 Å². The molecule has 1 aliphatic heterocycles. The maximum Gasteiger partial charge on any atom is 0.363 e. The van der Waals surface area contributed by atoms with E-state index in [0.717, 1.165) is 21.9 Å². The third-order valence-corrected chi connectivity index (χ3v) is 4.34. The largest absolute Gasteiger partial charge is 0.427 e. The van der Waals surface area contributed by atoms with Crippen LogP contribution in [0.15, 0.2) is 77.4 Å². The highest BCUT2D eigenvalue weighted by Crippen LogP contribution is 2.25. The lowest BCUT2D eigenvalue weighted by Gasteiger charge is -2.04. The topological polar surface area (TPSA) is 65.0 Å². The number of ether oxygens (including phenoxy) is 2. The molecule has 0 unspecified atom stereocenters. The molecule has 0 aromatic heterocycles. The van der Waals surface area contributed by atoms with Crippen LogP contribution < -0.4 is 4.74 Å². The number of fused-ring (bicyclic) bond motifs is 1. The highest BCUT2D eigenvalue weighted by molar-refractivity contribution is 6.17. The lowest BCUT2D eigenvalue weighted by molar-refractivity contribution is -0.134. The molecule has 0 aliphatic carbocycles. The van der Waals surface area contributed by atoms with Gasteiger partial charge in [0.1, 0.15) is 5.75 Å². The quantitative estimate of drug-likeness (QED) is 0.385. The second-order valence-corrected chi connectivity index (χ2v) is 6.26. The second kappa shape index (κ2) is 7.48. The van der Waals surface area contributed by atoms with E-state index in [0.29, 0.717) is 18.1 Å². The zero-order valence-electron chi connectivity index (χ0n) is 15.2. The van der Waals surface area contributed by atoms with Gasteiger partial charge in [-0.15, -0.1) is 0 Å². The molecule has 3 aromatic carbocycles. The molecule has 0 saturated carbocycles. The summed E-state index contributed by atoms with van der Waals surface area (Å²) >= 11 is 0. The summed E-state index contributed by atoms with van der Waals surface area (Å²) < 4.78 is 10.6. The molecule has 3 aromatic rings. The van der Waals surface area contributed by atoms with E-state index < -0.39 is 5.97 Å². The predicted octanol–water partition coefficient (Wildman–Crippen LogP) is 4.50. The fraction of sp³-hybridized carbons (Fsp3) is 0.0870. The van der Waals surface area contributed by atoms with Gasteiger partial charge in [0, 0.05) is 12.0 Å². The van der Waals surface area contributed by atoms with Crippen LogP contribution in [0.1, 0.15) is 24.5 Å². The number of carbonyl (C=O) groups is 2. The molecule has 0 amide bonds. The van der Waals surface area contributed by atoms with Gasteiger partial charge in [-0.3, -0.25) is 4.79 Å². The van der Waals surface area contributed by atoms with Gasteiger partial charge >= 0.3 is 11.9 Å². The van der Waals surface area contributed by atoms with Crippen LogP contribution in [0.3, 0.4) is 0 Å². The summed E-state index contributed by atoms with van der Waals surface area (Å²) in [5.74, 6) is -0.0382. The smallest absolute Gasteiger partial charge is 0.363 e. The normalized spacial score (nSPS) is 14.8. The van der Waals surface area contributed by atoms with E-state index in [-0.39, 0.29) is 11.7 Å². The summed E-state index contributed by atoms with van der Waals surface area (Å²) in [7, 11) is 0. The van der Waals surface area contributed by atoms with Crippen molar-refractivity contribution in [2.45, 2.75) is 13.3 Å². The number of hydrogen-bond acceptors (Lipinski definition) is 5. The average molecular weight is 371 g/mol. The van der Waals surface area contributed by atoms with Gasteiger partial charge in [0.2, 0.25) is 5.90 Å². The Morgan fingerprint density at radius 2 is 1.79 bits per heavy atom. The van der Waals surface area contributed by atoms with Crippen LogP contribution in [0.25, 0.3) is 16.8 Å². The highest BCUT2D eigenvalue weighted by Gasteiger charge is 2.25. The molecule has 0 spiro atoms. The Balaban J connectivity index is 1.63. The standard InChI is InChI=1S/C23H17NO4/c1-2-21(25)27-17-12-10-15(11-13-17)14-20-23(26)28-22(24-20)19-9-5-7-16-6-3-4-8-18(16)19/h3-14H,2H2,1H3/b20-14-. The molecule has 0 radical (unpaired) electrons. The van der Waals surface area contributed by atoms with E-state index in [1.165, 1.54) is 0 Å². The summed E-state index contributed by atoms with van der Waals surface area (Å²) in [4.78, 5) is 28.0. The van der Waals surface area contributed by atoms with Gasteiger partial charge in [-0.05, 0) is 40.6 Å². The number of nitrogens with zero attached hydrogens (tertiary/aromatic N) is 1. The van der Waals surface area contributed by atoms with E-state index in [9.17, 15) is 9.59 Å². The predicted molar refractivity (Wildman–Crippen MR) is 107 cm³/mol. The average Bonchev–Trinajstić information content (AvgIpc) is 3.09. The van der Waals surface area contributed by atoms with E-state index in [1.54, 1.807) is 37.3 Å². The van der Waals surface area contributed by atoms with Gasteiger partial charge in [0.05, 0.1) is 0 Å². The molecule has 28 heavy (non-hydrogen) atoms. The summed E-state index contributed by atoms with van der Waals surface area (Å²) in [5, 5.41) is 2.02. The van der Waals surface area contributed by atoms with Gasteiger partial charge in [0.15, 0.2) is 5.70 Å². The van der Waals surface area contributed by atoms with Crippen molar-refractivity contribution in [1.29, 1.82) is 0 Å². The number of aliphatic imine (C=N–C) groups is 1. The summed E-state index contributed by atoms with van der Waals surface area (Å²) in [5.41, 5.74) is 1.75. The highest BCUT2D eigenvalue weighted by atomic mass is 16.6. The van der Waals surface area contributed by atoms with Gasteiger partial charge in [0.25, 0.3) is 0 Å². The summed E-state index contributed by atoms with van der Waals surface area (Å²) in [6, 6.07) is 20.5. The van der Waals surface area contributed by atoms with Crippen molar-refractivity contribution >= 4 is 34.7 Å². The van der Waals surface area contributed by atoms with Crippen molar-refractivity contribution in [3.63, 3.8) is 0 Å². The van der Waals surface area contributed by atoms with Crippen molar-refractivity contribution in [1.82, 2.24) is 0 Å². The first-order chi connectivity index (χ1) is 13.6. The number of benzene rings is 3. The van der Waals surface area contributed by atoms with E-state index in [2.05, 4.69) is 4.99 Å². The Hall–Kier alpha value is -3.73. The first-order valence-electron chi connectivity index (χ1n) is 8.95. The Labute approximate surface area is 161 Å². The van der Waals surface area contributed by atoms with E-state index in [4.69, 9.17) is 9.47 Å². The first kappa shape index (κ1) is 17.7. The molecular formula is C23H17NO4. The van der Waals surface area contributed by atoms with Crippen LogP contribution in [0.2, 0.25) is 0 Å². The Morgan fingerprint density at radius 3 is 2.57 bits per heavy atom. The van der Waals surface area contributed by atoms with Crippen molar-refractivity contribution in [3.05, 3.63) is 83.6 Å². The molecule has 0 bridgehead atoms. The van der Waals surface area contributed by atoms with E-state index >= 15 is 0 Å². The number of carbonyl (C=O) groups excluding carboxylic acids is 2. The maximum atomic E-state index is 12.3. The summed E-state index contributed by atoms with van der Waals surface area (Å²) in [6.45, 7) is 1.73. The van der Waals surface area contributed by atoms with Crippen LogP contribution in [0, 0.1) is 0 Å². The molecule has 5 heteroatoms. The van der Waals surface area contributed by atoms with Crippen LogP contribution in [0.4, 0.5) is 0 Å². The number of rotatable bonds is 4. The van der Waals surface area contributed by atoms with Crippen LogP contribution in [-0.2, 0) is 14.3 Å². The third kappa shape index (κ3) is 3.55. The zero-order valence-corrected chi connectivity index (χ0v) is 15.2. The van der Waals surface area contributed by atoms with Gasteiger partial charge in [-0.1, -0.05) is 55.5 Å². The van der Waals surface area contributed by atoms with Crippen LogP contribution in [0.5, 0.6) is 5.75 Å². The number of esters is 2. The van der Waals surface area contributed by atoms with Gasteiger partial charge in [-0.25, -0.2) is 9.79 Å². The molecule has 0 N–H and O–H groups in total. The molecule has 138 valence electrons. The van der Waals surface area contributed by atoms with Crippen LogP contribution >= 0.6 is 0 Å². The Kier molecular flexibility index (Phi) is 4.72. The molecule has 0 saturated heterocycles. The van der Waals surface area contributed by atoms with Crippen molar-refractivity contribution in [3.8, 4) is 5.75 Å². The summed E-state index contributed by atoms with van der Waals surface area (Å²) in [6.07, 6.45) is 1.95. The van der Waals surface area contributed by atoms with Gasteiger partial charge in [-0.2, -0.15) is 0 Å². The molecule has 1 aliphatic rings. The monoisotopic (exact) mass is 371 g/mol. The molecular weight excluding hydrogens is 354 g/mol. The van der Waals surface area contributed by atoms with Crippen molar-refractivity contribution in [2.75, 3.05) is 0 Å². The van der Waals surface area contributed by atoms with Crippen molar-refractivity contribution < 1.29 is 19.1 Å². The molecule has 1 heterocycles. The minimum absolute atomic E-state index is 0.223. The van der Waals surface area contributed by atoms with Crippen LogP contribution in [-0.4, -0.2) is 17.8 Å². The number of cyclic esters (lactones) is 1. The lowest BCUT2D eigenvalue weighted by atomic mass is 10.0. The number of hydrogen-bond donors (Lipinski definition) is 0. The molecule has 5 nitrogen and oxygen atoms in total. The van der Waals surface area contributed by atoms with Crippen molar-refractivity contribution in [2.24, 2.45) is 4.99 Å². The molecule has 4 rings (SSSR count). The van der Waals surface area contributed by atoms with E-state index in [1.807, 2.05) is 42.5 Å². The minimum atomic E-state index is -0.496. The molecule has 0 atom stereocenters. The lowest BCUT2D eigenvalue weighted by Crippen LogP contribution is -2.06. The fourth-order valence-electron chi connectivity index (χ4n) is 2.93. The molecule has 0 fully saturated rings. The fourth-order valence-corrected chi connectivity index (χ4v) is 2.93. The maximum absolute atomic E-state index is 12.3. The third-order valence-electron chi connectivity index (χ3n) is 4.34. The minimum Gasteiger partial charge on any atom is -0.427 e. The first-order valence-corrected chi connectivity index (χ1v) is 8.95. The Bertz CT molecular complexity index is 1120. The SMILES string of the molecule is CCC(=O)Oc1ccc(/C=C2\N=C(c3cccc4ccccc34)OC2=O)cc1.